The minimum atomic E-state index is -3.74. The van der Waals surface area contributed by atoms with Crippen molar-refractivity contribution in [2.45, 2.75) is 57.9 Å². The lowest BCUT2D eigenvalue weighted by Gasteiger charge is -2.23. The number of carbonyl (C=O) groups excluding carboxylic acids is 2. The summed E-state index contributed by atoms with van der Waals surface area (Å²) in [5.41, 5.74) is -0.700. The summed E-state index contributed by atoms with van der Waals surface area (Å²) in [6, 6.07) is -0.962. The van der Waals surface area contributed by atoms with Crippen LogP contribution in [0.15, 0.2) is 0 Å². The van der Waals surface area contributed by atoms with Gasteiger partial charge in [-0.1, -0.05) is 0 Å². The van der Waals surface area contributed by atoms with Gasteiger partial charge in [0.25, 0.3) is 5.91 Å². The number of sulfonamides is 1. The van der Waals surface area contributed by atoms with Gasteiger partial charge in [0.1, 0.15) is 11.6 Å². The first-order valence-corrected chi connectivity index (χ1v) is 9.87. The molecule has 0 aliphatic rings. The highest BCUT2D eigenvalue weighted by Gasteiger charge is 2.28. The summed E-state index contributed by atoms with van der Waals surface area (Å²) < 4.78 is 30.6. The predicted molar refractivity (Wildman–Crippen MR) is 88.4 cm³/mol. The van der Waals surface area contributed by atoms with Gasteiger partial charge in [-0.2, -0.15) is 11.8 Å². The molecule has 0 fully saturated rings. The smallest absolute Gasteiger partial charge is 0.408 e. The van der Waals surface area contributed by atoms with Gasteiger partial charge < -0.3 is 10.1 Å². The predicted octanol–water partition coefficient (Wildman–Crippen LogP) is 1.49. The largest absolute Gasteiger partial charge is 0.444 e. The van der Waals surface area contributed by atoms with Gasteiger partial charge >= 0.3 is 6.09 Å². The maximum atomic E-state index is 12.1. The second-order valence-electron chi connectivity index (χ2n) is 6.04. The van der Waals surface area contributed by atoms with Crippen LogP contribution in [0.5, 0.6) is 0 Å². The topological polar surface area (TPSA) is 102 Å². The van der Waals surface area contributed by atoms with E-state index < -0.39 is 38.9 Å². The number of hydrogen-bond donors (Lipinski definition) is 2. The highest BCUT2D eigenvalue weighted by molar-refractivity contribution is 7.98. The van der Waals surface area contributed by atoms with Gasteiger partial charge in [0.05, 0.1) is 5.25 Å². The molecule has 1 unspecified atom stereocenters. The summed E-state index contributed by atoms with van der Waals surface area (Å²) in [6.07, 6.45) is 1.41. The quantitative estimate of drug-likeness (QED) is 0.718. The molecule has 22 heavy (non-hydrogen) atoms. The summed E-state index contributed by atoms with van der Waals surface area (Å²) in [6.45, 7) is 8.04. The third-order valence-electron chi connectivity index (χ3n) is 2.48. The molecular weight excluding hydrogens is 328 g/mol. The summed E-state index contributed by atoms with van der Waals surface area (Å²) in [7, 11) is -3.74. The molecule has 0 aromatic rings. The van der Waals surface area contributed by atoms with E-state index in [1.807, 2.05) is 11.0 Å². The molecular formula is C13H26N2O5S2. The van der Waals surface area contributed by atoms with Crippen molar-refractivity contribution in [3.05, 3.63) is 0 Å². The summed E-state index contributed by atoms with van der Waals surface area (Å²) in [4.78, 5) is 23.9. The van der Waals surface area contributed by atoms with E-state index in [4.69, 9.17) is 4.74 Å². The maximum absolute atomic E-state index is 12.1. The van der Waals surface area contributed by atoms with Crippen LogP contribution in [0.3, 0.4) is 0 Å². The molecule has 0 aromatic heterocycles. The van der Waals surface area contributed by atoms with E-state index in [0.717, 1.165) is 0 Å². The minimum absolute atomic E-state index is 0.305. The van der Waals surface area contributed by atoms with Gasteiger partial charge in [0.2, 0.25) is 10.0 Å². The van der Waals surface area contributed by atoms with Crippen LogP contribution in [0.4, 0.5) is 4.79 Å². The first kappa shape index (κ1) is 21.0. The Morgan fingerprint density at radius 2 is 1.77 bits per heavy atom. The lowest BCUT2D eigenvalue weighted by atomic mass is 10.2. The Balaban J connectivity index is 4.90. The van der Waals surface area contributed by atoms with Crippen molar-refractivity contribution in [2.75, 3.05) is 12.0 Å². The van der Waals surface area contributed by atoms with Crippen LogP contribution >= 0.6 is 11.8 Å². The molecule has 0 saturated heterocycles. The average molecular weight is 354 g/mol. The zero-order valence-electron chi connectivity index (χ0n) is 13.9. The molecule has 0 rings (SSSR count). The van der Waals surface area contributed by atoms with Crippen LogP contribution in [-0.2, 0) is 19.6 Å². The lowest BCUT2D eigenvalue weighted by molar-refractivity contribution is -0.121. The van der Waals surface area contributed by atoms with Gasteiger partial charge in [-0.15, -0.1) is 0 Å². The van der Waals surface area contributed by atoms with Crippen LogP contribution in [0.25, 0.3) is 0 Å². The van der Waals surface area contributed by atoms with Gasteiger partial charge in [-0.3, -0.25) is 9.52 Å². The molecule has 130 valence electrons. The molecule has 9 heteroatoms. The maximum Gasteiger partial charge on any atom is 0.408 e. The van der Waals surface area contributed by atoms with Gasteiger partial charge in [0.15, 0.2) is 0 Å². The van der Waals surface area contributed by atoms with Crippen molar-refractivity contribution in [1.29, 1.82) is 0 Å². The Kier molecular flexibility index (Phi) is 8.24. The Morgan fingerprint density at radius 1 is 1.23 bits per heavy atom. The van der Waals surface area contributed by atoms with E-state index in [1.54, 1.807) is 20.8 Å². The van der Waals surface area contributed by atoms with Gasteiger partial charge in [-0.05, 0) is 53.0 Å². The van der Waals surface area contributed by atoms with E-state index >= 15 is 0 Å². The number of carbonyl (C=O) groups is 2. The SMILES string of the molecule is CSCCC(NC(=O)OC(C)(C)C)C(=O)NS(=O)(=O)C(C)C. The zero-order valence-corrected chi connectivity index (χ0v) is 15.6. The van der Waals surface area contributed by atoms with Crippen molar-refractivity contribution >= 4 is 33.8 Å². The fourth-order valence-electron chi connectivity index (χ4n) is 1.28. The van der Waals surface area contributed by atoms with Crippen LogP contribution in [0.1, 0.15) is 41.0 Å². The molecule has 0 heterocycles. The van der Waals surface area contributed by atoms with E-state index in [2.05, 4.69) is 5.32 Å². The van der Waals surface area contributed by atoms with Gasteiger partial charge in [-0.25, -0.2) is 13.2 Å². The molecule has 2 amide bonds. The third-order valence-corrected chi connectivity index (χ3v) is 4.85. The van der Waals surface area contributed by atoms with E-state index in [0.29, 0.717) is 12.2 Å². The Bertz CT molecular complexity index is 483. The van der Waals surface area contributed by atoms with Crippen molar-refractivity contribution in [3.63, 3.8) is 0 Å². The fraction of sp³-hybridized carbons (Fsp3) is 0.846. The van der Waals surface area contributed by atoms with Crippen LogP contribution in [-0.4, -0.2) is 49.3 Å². The molecule has 0 saturated carbocycles. The number of amides is 2. The number of alkyl carbamates (subject to hydrolysis) is 1. The zero-order chi connectivity index (χ0) is 17.6. The monoisotopic (exact) mass is 354 g/mol. The highest BCUT2D eigenvalue weighted by atomic mass is 32.2. The van der Waals surface area contributed by atoms with E-state index in [-0.39, 0.29) is 0 Å². The number of rotatable bonds is 7. The number of hydrogen-bond acceptors (Lipinski definition) is 6. The number of nitrogens with one attached hydrogen (secondary N) is 2. The Hall–Kier alpha value is -0.960. The standard InChI is InChI=1S/C13H26N2O5S2/c1-9(2)22(18,19)15-11(16)10(7-8-21-6)14-12(17)20-13(3,4)5/h9-10H,7-8H2,1-6H3,(H,14,17)(H,15,16). The highest BCUT2D eigenvalue weighted by Crippen LogP contribution is 2.08. The van der Waals surface area contributed by atoms with Crippen molar-refractivity contribution < 1.29 is 22.7 Å². The average Bonchev–Trinajstić information content (AvgIpc) is 2.31. The summed E-state index contributed by atoms with van der Waals surface area (Å²) in [5.74, 6) is -0.163. The second-order valence-corrected chi connectivity index (χ2v) is 9.26. The molecule has 0 bridgehead atoms. The van der Waals surface area contributed by atoms with Crippen LogP contribution < -0.4 is 10.0 Å². The third kappa shape index (κ3) is 8.47. The molecule has 1 atom stereocenters. The molecule has 7 nitrogen and oxygen atoms in total. The lowest BCUT2D eigenvalue weighted by Crippen LogP contribution is -2.50. The van der Waals surface area contributed by atoms with Crippen LogP contribution in [0, 0.1) is 0 Å². The molecule has 0 aliphatic carbocycles. The molecule has 0 aliphatic heterocycles. The summed E-state index contributed by atoms with van der Waals surface area (Å²) in [5, 5.41) is 1.68. The van der Waals surface area contributed by atoms with Crippen molar-refractivity contribution in [3.8, 4) is 0 Å². The van der Waals surface area contributed by atoms with Crippen molar-refractivity contribution in [1.82, 2.24) is 10.0 Å². The Labute approximate surface area is 137 Å². The normalized spacial score (nSPS) is 13.6. The van der Waals surface area contributed by atoms with Crippen LogP contribution in [0.2, 0.25) is 0 Å². The minimum Gasteiger partial charge on any atom is -0.444 e. The fourth-order valence-corrected chi connectivity index (χ4v) is 2.41. The first-order valence-electron chi connectivity index (χ1n) is 6.93. The second kappa shape index (κ2) is 8.61. The Morgan fingerprint density at radius 3 is 2.18 bits per heavy atom. The summed E-state index contributed by atoms with van der Waals surface area (Å²) >= 11 is 1.49. The first-order chi connectivity index (χ1) is 9.89. The molecule has 0 aromatic carbocycles. The molecule has 0 radical (unpaired) electrons. The molecule has 0 spiro atoms. The van der Waals surface area contributed by atoms with Crippen molar-refractivity contribution in [2.24, 2.45) is 0 Å². The van der Waals surface area contributed by atoms with Gasteiger partial charge in [0, 0.05) is 0 Å². The van der Waals surface area contributed by atoms with E-state index in [1.165, 1.54) is 25.6 Å². The number of thioether (sulfide) groups is 1. The molecule has 2 N–H and O–H groups in total. The van der Waals surface area contributed by atoms with E-state index in [9.17, 15) is 18.0 Å². The number of ether oxygens (including phenoxy) is 1.